The second-order valence-corrected chi connectivity index (χ2v) is 11.4. The van der Waals surface area contributed by atoms with E-state index >= 15 is 0 Å². The minimum absolute atomic E-state index is 0.0782. The van der Waals surface area contributed by atoms with Crippen LogP contribution in [0.5, 0.6) is 0 Å². The highest BCUT2D eigenvalue weighted by atomic mass is 35.5. The molecule has 3 aromatic carbocycles. The van der Waals surface area contributed by atoms with Crippen LogP contribution in [-0.4, -0.2) is 51.0 Å². The van der Waals surface area contributed by atoms with Crippen LogP contribution in [0.25, 0.3) is 0 Å². The Morgan fingerprint density at radius 2 is 1.59 bits per heavy atom. The SMILES string of the molecule is CNC(=O)[C@@H](Cc1ccccc1)N(Cc1cccc(Cl)c1)C(=O)CN(c1ccc(C)c(C)c1)S(C)(=O)=O. The Morgan fingerprint density at radius 3 is 2.19 bits per heavy atom. The second kappa shape index (κ2) is 12.3. The standard InChI is InChI=1S/C28H32ClN3O4S/c1-20-13-14-25(15-21(20)2)32(37(4,35)36)19-27(33)31(18-23-11-8-12-24(29)16-23)26(28(34)30-3)17-22-9-6-5-7-10-22/h5-16,26H,17-19H2,1-4H3,(H,30,34)/t26-/m1/s1. The molecule has 0 aromatic heterocycles. The van der Waals surface area contributed by atoms with Gasteiger partial charge in [0.1, 0.15) is 12.6 Å². The molecule has 1 N–H and O–H groups in total. The first-order valence-corrected chi connectivity index (χ1v) is 14.1. The summed E-state index contributed by atoms with van der Waals surface area (Å²) in [5.41, 5.74) is 3.89. The monoisotopic (exact) mass is 541 g/mol. The van der Waals surface area contributed by atoms with Gasteiger partial charge in [-0.25, -0.2) is 8.42 Å². The molecule has 37 heavy (non-hydrogen) atoms. The Hall–Kier alpha value is -3.36. The van der Waals surface area contributed by atoms with Crippen LogP contribution in [0.15, 0.2) is 72.8 Å². The lowest BCUT2D eigenvalue weighted by Crippen LogP contribution is -2.52. The van der Waals surface area contributed by atoms with Gasteiger partial charge in [-0.3, -0.25) is 13.9 Å². The molecular weight excluding hydrogens is 510 g/mol. The van der Waals surface area contributed by atoms with Crippen molar-refractivity contribution in [3.05, 3.63) is 100 Å². The molecular formula is C28H32ClN3O4S. The molecule has 0 bridgehead atoms. The summed E-state index contributed by atoms with van der Waals surface area (Å²) in [6.45, 7) is 3.44. The number of halogens is 1. The second-order valence-electron chi connectivity index (χ2n) is 9.01. The smallest absolute Gasteiger partial charge is 0.244 e. The predicted molar refractivity (Wildman–Crippen MR) is 148 cm³/mol. The molecule has 0 saturated carbocycles. The zero-order valence-electron chi connectivity index (χ0n) is 21.4. The summed E-state index contributed by atoms with van der Waals surface area (Å²) in [4.78, 5) is 28.4. The number of rotatable bonds is 10. The van der Waals surface area contributed by atoms with Crippen molar-refractivity contribution in [3.8, 4) is 0 Å². The van der Waals surface area contributed by atoms with Gasteiger partial charge in [0.05, 0.1) is 11.9 Å². The molecule has 0 heterocycles. The quantitative estimate of drug-likeness (QED) is 0.418. The van der Waals surface area contributed by atoms with Gasteiger partial charge in [0.2, 0.25) is 21.8 Å². The fourth-order valence-electron chi connectivity index (χ4n) is 4.05. The first kappa shape index (κ1) is 28.2. The molecule has 196 valence electrons. The minimum atomic E-state index is -3.80. The van der Waals surface area contributed by atoms with Gasteiger partial charge in [0, 0.05) is 25.0 Å². The van der Waals surface area contributed by atoms with E-state index in [-0.39, 0.29) is 18.9 Å². The summed E-state index contributed by atoms with van der Waals surface area (Å²) < 4.78 is 26.7. The van der Waals surface area contributed by atoms with Gasteiger partial charge < -0.3 is 10.2 Å². The maximum atomic E-state index is 13.9. The topological polar surface area (TPSA) is 86.8 Å². The molecule has 0 unspecified atom stereocenters. The number of nitrogens with one attached hydrogen (secondary N) is 1. The van der Waals surface area contributed by atoms with Gasteiger partial charge in [0.25, 0.3) is 0 Å². The molecule has 7 nitrogen and oxygen atoms in total. The van der Waals surface area contributed by atoms with Crippen LogP contribution in [0.2, 0.25) is 5.02 Å². The number of carbonyl (C=O) groups is 2. The molecule has 2 amide bonds. The highest BCUT2D eigenvalue weighted by Crippen LogP contribution is 2.23. The van der Waals surface area contributed by atoms with Gasteiger partial charge in [-0.05, 0) is 60.4 Å². The van der Waals surface area contributed by atoms with Crippen molar-refractivity contribution in [2.24, 2.45) is 0 Å². The zero-order valence-corrected chi connectivity index (χ0v) is 23.0. The molecule has 0 aliphatic heterocycles. The Labute approximate surface area is 224 Å². The van der Waals surface area contributed by atoms with Gasteiger partial charge in [-0.2, -0.15) is 0 Å². The third-order valence-corrected chi connectivity index (χ3v) is 7.59. The van der Waals surface area contributed by atoms with Crippen molar-refractivity contribution < 1.29 is 18.0 Å². The van der Waals surface area contributed by atoms with E-state index in [0.717, 1.165) is 32.8 Å². The molecule has 0 saturated heterocycles. The number of carbonyl (C=O) groups excluding carboxylic acids is 2. The first-order valence-electron chi connectivity index (χ1n) is 11.8. The highest BCUT2D eigenvalue weighted by molar-refractivity contribution is 7.92. The average molecular weight is 542 g/mol. The number of nitrogens with zero attached hydrogens (tertiary/aromatic N) is 2. The zero-order chi connectivity index (χ0) is 27.2. The van der Waals surface area contributed by atoms with E-state index in [2.05, 4.69) is 5.32 Å². The maximum absolute atomic E-state index is 13.9. The van der Waals surface area contributed by atoms with Crippen LogP contribution < -0.4 is 9.62 Å². The van der Waals surface area contributed by atoms with Crippen LogP contribution >= 0.6 is 11.6 Å². The average Bonchev–Trinajstić information content (AvgIpc) is 2.86. The summed E-state index contributed by atoms with van der Waals surface area (Å²) in [7, 11) is -2.29. The number of anilines is 1. The van der Waals surface area contributed by atoms with Crippen LogP contribution in [0.3, 0.4) is 0 Å². The molecule has 0 aliphatic rings. The predicted octanol–water partition coefficient (Wildman–Crippen LogP) is 4.11. The Kier molecular flexibility index (Phi) is 9.34. The molecule has 3 aromatic rings. The largest absolute Gasteiger partial charge is 0.357 e. The fourth-order valence-corrected chi connectivity index (χ4v) is 5.10. The number of hydrogen-bond donors (Lipinski definition) is 1. The van der Waals surface area contributed by atoms with E-state index < -0.39 is 28.5 Å². The molecule has 0 fully saturated rings. The summed E-state index contributed by atoms with van der Waals surface area (Å²) in [6, 6.07) is 20.8. The van der Waals surface area contributed by atoms with Crippen molar-refractivity contribution in [3.63, 3.8) is 0 Å². The molecule has 0 aliphatic carbocycles. The highest BCUT2D eigenvalue weighted by Gasteiger charge is 2.32. The lowest BCUT2D eigenvalue weighted by Gasteiger charge is -2.33. The van der Waals surface area contributed by atoms with Gasteiger partial charge >= 0.3 is 0 Å². The number of aryl methyl sites for hydroxylation is 2. The van der Waals surface area contributed by atoms with Crippen molar-refractivity contribution >= 4 is 39.1 Å². The number of amides is 2. The lowest BCUT2D eigenvalue weighted by molar-refractivity contribution is -0.139. The van der Waals surface area contributed by atoms with E-state index in [1.54, 1.807) is 30.3 Å². The van der Waals surface area contributed by atoms with Crippen LogP contribution in [0, 0.1) is 13.8 Å². The summed E-state index contributed by atoms with van der Waals surface area (Å²) in [6.07, 6.45) is 1.33. The first-order chi connectivity index (χ1) is 17.5. The molecule has 3 rings (SSSR count). The fraction of sp³-hybridized carbons (Fsp3) is 0.286. The molecule has 1 atom stereocenters. The molecule has 0 radical (unpaired) electrons. The van der Waals surface area contributed by atoms with Gasteiger partial charge in [-0.15, -0.1) is 0 Å². The van der Waals surface area contributed by atoms with Gasteiger partial charge in [-0.1, -0.05) is 60.1 Å². The third-order valence-electron chi connectivity index (χ3n) is 6.22. The number of likely N-dealkylation sites (N-methyl/N-ethyl adjacent to an activating group) is 1. The van der Waals surface area contributed by atoms with Crippen LogP contribution in [0.4, 0.5) is 5.69 Å². The van der Waals surface area contributed by atoms with Crippen molar-refractivity contribution in [1.29, 1.82) is 0 Å². The third kappa shape index (κ3) is 7.57. The van der Waals surface area contributed by atoms with E-state index in [9.17, 15) is 18.0 Å². The molecule has 0 spiro atoms. The number of hydrogen-bond acceptors (Lipinski definition) is 4. The Bertz CT molecular complexity index is 1360. The number of sulfonamides is 1. The number of benzene rings is 3. The maximum Gasteiger partial charge on any atom is 0.244 e. The lowest BCUT2D eigenvalue weighted by atomic mass is 10.0. The van der Waals surface area contributed by atoms with Gasteiger partial charge in [0.15, 0.2) is 0 Å². The molecule has 9 heteroatoms. The Balaban J connectivity index is 2.04. The van der Waals surface area contributed by atoms with E-state index in [0.29, 0.717) is 10.7 Å². The van der Waals surface area contributed by atoms with Crippen LogP contribution in [-0.2, 0) is 32.6 Å². The summed E-state index contributed by atoms with van der Waals surface area (Å²) in [5, 5.41) is 3.15. The Morgan fingerprint density at radius 1 is 0.919 bits per heavy atom. The van der Waals surface area contributed by atoms with Crippen molar-refractivity contribution in [1.82, 2.24) is 10.2 Å². The minimum Gasteiger partial charge on any atom is -0.357 e. The van der Waals surface area contributed by atoms with Crippen molar-refractivity contribution in [2.45, 2.75) is 32.9 Å². The van der Waals surface area contributed by atoms with E-state index in [1.807, 2.05) is 56.3 Å². The van der Waals surface area contributed by atoms with Crippen LogP contribution in [0.1, 0.15) is 22.3 Å². The van der Waals surface area contributed by atoms with E-state index in [1.165, 1.54) is 11.9 Å². The normalized spacial score (nSPS) is 12.0. The van der Waals surface area contributed by atoms with E-state index in [4.69, 9.17) is 11.6 Å². The van der Waals surface area contributed by atoms with Crippen molar-refractivity contribution in [2.75, 3.05) is 24.2 Å². The summed E-state index contributed by atoms with van der Waals surface area (Å²) >= 11 is 6.19. The summed E-state index contributed by atoms with van der Waals surface area (Å²) in [5.74, 6) is -0.857.